The maximum Gasteiger partial charge on any atom is 0.200 e. The number of hydrogen-bond donors (Lipinski definition) is 1. The van der Waals surface area contributed by atoms with E-state index in [2.05, 4.69) is 51.7 Å². The summed E-state index contributed by atoms with van der Waals surface area (Å²) >= 11 is 0. The summed E-state index contributed by atoms with van der Waals surface area (Å²) in [7, 11) is 2.20. The number of Topliss-reactive ketones (excluding diaryl/α,β-unsaturated/α-hetero) is 1. The summed E-state index contributed by atoms with van der Waals surface area (Å²) in [6.45, 7) is 7.52. The van der Waals surface area contributed by atoms with Crippen molar-refractivity contribution in [3.8, 4) is 0 Å². The molecule has 1 aliphatic heterocycles. The molecule has 0 spiro atoms. The summed E-state index contributed by atoms with van der Waals surface area (Å²) in [6.07, 6.45) is 15.3. The second-order valence-corrected chi connectivity index (χ2v) is 9.87. The minimum absolute atomic E-state index is 0.197. The number of nitrogens with one attached hydrogen (secondary N) is 1. The number of ketones is 1. The van der Waals surface area contributed by atoms with E-state index in [1.165, 1.54) is 30.5 Å². The van der Waals surface area contributed by atoms with Crippen molar-refractivity contribution in [2.45, 2.75) is 77.9 Å². The van der Waals surface area contributed by atoms with Crippen LogP contribution in [0.25, 0.3) is 0 Å². The Morgan fingerprint density at radius 1 is 1.11 bits per heavy atom. The highest BCUT2D eigenvalue weighted by atomic mass is 16.7. The predicted octanol–water partition coefficient (Wildman–Crippen LogP) is 4.22. The number of aryl methyl sites for hydroxylation is 2. The Bertz CT molecular complexity index is 818. The van der Waals surface area contributed by atoms with Crippen LogP contribution in [0, 0.1) is 5.41 Å². The van der Waals surface area contributed by atoms with E-state index < -0.39 is 5.41 Å². The summed E-state index contributed by atoms with van der Waals surface area (Å²) in [6, 6.07) is 8.93. The quantitative estimate of drug-likeness (QED) is 0.260. The van der Waals surface area contributed by atoms with Gasteiger partial charge in [0, 0.05) is 42.8 Å². The van der Waals surface area contributed by atoms with Gasteiger partial charge >= 0.3 is 0 Å². The zero-order chi connectivity index (χ0) is 25.5. The van der Waals surface area contributed by atoms with E-state index in [1.807, 2.05) is 31.7 Å². The molecule has 0 saturated carbocycles. The molecule has 1 atom stereocenters. The first kappa shape index (κ1) is 28.8. The summed E-state index contributed by atoms with van der Waals surface area (Å²) in [5, 5.41) is 0. The number of carbonyl (C=O) groups is 2. The van der Waals surface area contributed by atoms with Crippen molar-refractivity contribution in [2.75, 3.05) is 20.1 Å². The van der Waals surface area contributed by atoms with Gasteiger partial charge < -0.3 is 4.90 Å². The molecule has 1 unspecified atom stereocenters. The molecule has 7 nitrogen and oxygen atoms in total. The third kappa shape index (κ3) is 10.8. The van der Waals surface area contributed by atoms with Crippen LogP contribution in [-0.4, -0.2) is 59.2 Å². The van der Waals surface area contributed by atoms with Crippen molar-refractivity contribution in [2.24, 2.45) is 5.41 Å². The number of hydroxylamine groups is 1. The fraction of sp³-hybridized carbons (Fsp3) is 0.571. The van der Waals surface area contributed by atoms with Crippen molar-refractivity contribution < 1.29 is 14.4 Å². The van der Waals surface area contributed by atoms with Crippen LogP contribution in [0.1, 0.15) is 64.0 Å². The SMILES string of the molecule is CCC(C)(C)C(=O)C=O.CN1CCCC1CNOC(CCc1ccncc1)CCc1ccncc1. The van der Waals surface area contributed by atoms with Crippen molar-refractivity contribution in [1.82, 2.24) is 20.3 Å². The minimum Gasteiger partial charge on any atom is -0.302 e. The van der Waals surface area contributed by atoms with E-state index in [-0.39, 0.29) is 11.9 Å². The molecule has 7 heteroatoms. The minimum atomic E-state index is -0.457. The first-order valence-corrected chi connectivity index (χ1v) is 12.7. The van der Waals surface area contributed by atoms with Gasteiger partial charge in [0.15, 0.2) is 6.29 Å². The molecule has 1 saturated heterocycles. The smallest absolute Gasteiger partial charge is 0.200 e. The van der Waals surface area contributed by atoms with E-state index in [4.69, 9.17) is 4.84 Å². The van der Waals surface area contributed by atoms with Crippen LogP contribution in [0.2, 0.25) is 0 Å². The number of carbonyl (C=O) groups excluding carboxylic acids is 2. The Hall–Kier alpha value is -2.48. The molecule has 35 heavy (non-hydrogen) atoms. The van der Waals surface area contributed by atoms with Gasteiger partial charge in [0.25, 0.3) is 0 Å². The van der Waals surface area contributed by atoms with Crippen LogP contribution < -0.4 is 5.48 Å². The van der Waals surface area contributed by atoms with Crippen LogP contribution in [-0.2, 0) is 27.3 Å². The molecule has 192 valence electrons. The van der Waals surface area contributed by atoms with Gasteiger partial charge in [-0.2, -0.15) is 0 Å². The highest BCUT2D eigenvalue weighted by Crippen LogP contribution is 2.19. The van der Waals surface area contributed by atoms with E-state index in [0.29, 0.717) is 18.7 Å². The molecule has 3 rings (SSSR count). The molecular formula is C28H42N4O3. The van der Waals surface area contributed by atoms with E-state index in [1.54, 1.807) is 13.8 Å². The summed E-state index contributed by atoms with van der Waals surface area (Å²) in [5.41, 5.74) is 5.43. The number of pyridine rings is 2. The lowest BCUT2D eigenvalue weighted by Crippen LogP contribution is -2.37. The van der Waals surface area contributed by atoms with Gasteiger partial charge in [-0.25, -0.2) is 5.48 Å². The van der Waals surface area contributed by atoms with E-state index in [0.717, 1.165) is 32.2 Å². The third-order valence-electron chi connectivity index (χ3n) is 6.91. The van der Waals surface area contributed by atoms with Gasteiger partial charge in [-0.3, -0.25) is 24.4 Å². The largest absolute Gasteiger partial charge is 0.302 e. The predicted molar refractivity (Wildman–Crippen MR) is 139 cm³/mol. The molecule has 0 aromatic carbocycles. The molecule has 3 heterocycles. The zero-order valence-electron chi connectivity index (χ0n) is 21.8. The molecular weight excluding hydrogens is 440 g/mol. The normalized spacial score (nSPS) is 16.1. The number of rotatable bonds is 13. The fourth-order valence-corrected chi connectivity index (χ4v) is 3.85. The molecule has 1 N–H and O–H groups in total. The lowest BCUT2D eigenvalue weighted by atomic mass is 9.86. The lowest BCUT2D eigenvalue weighted by Gasteiger charge is -2.23. The number of aldehydes is 1. The van der Waals surface area contributed by atoms with Crippen LogP contribution in [0.4, 0.5) is 0 Å². The van der Waals surface area contributed by atoms with Crippen LogP contribution in [0.3, 0.4) is 0 Å². The Morgan fingerprint density at radius 3 is 2.06 bits per heavy atom. The van der Waals surface area contributed by atoms with Crippen LogP contribution in [0.5, 0.6) is 0 Å². The van der Waals surface area contributed by atoms with Gasteiger partial charge in [-0.1, -0.05) is 20.8 Å². The summed E-state index contributed by atoms with van der Waals surface area (Å²) in [4.78, 5) is 37.4. The van der Waals surface area contributed by atoms with Crippen LogP contribution in [0.15, 0.2) is 49.1 Å². The zero-order valence-corrected chi connectivity index (χ0v) is 21.8. The highest BCUT2D eigenvalue weighted by Gasteiger charge is 2.24. The number of hydrogen-bond acceptors (Lipinski definition) is 7. The van der Waals surface area contributed by atoms with Crippen molar-refractivity contribution in [3.63, 3.8) is 0 Å². The van der Waals surface area contributed by atoms with Crippen molar-refractivity contribution in [1.29, 1.82) is 0 Å². The number of nitrogens with zero attached hydrogens (tertiary/aromatic N) is 3. The van der Waals surface area contributed by atoms with Crippen molar-refractivity contribution >= 4 is 12.1 Å². The lowest BCUT2D eigenvalue weighted by molar-refractivity contribution is -0.135. The second-order valence-electron chi connectivity index (χ2n) is 9.87. The standard InChI is InChI=1S/C21H30N4O.C7H12O2/c1-25-16-2-3-20(25)17-24-26-21(6-4-18-8-12-22-13-9-18)7-5-19-10-14-23-15-11-19;1-4-7(2,3)6(9)5-8/h8-15,20-21,24H,2-7,16-17H2,1H3;5H,4H2,1-3H3. The second kappa shape index (κ2) is 15.5. The summed E-state index contributed by atoms with van der Waals surface area (Å²) in [5.74, 6) is -0.315. The number of likely N-dealkylation sites (tertiary alicyclic amines) is 1. The Kier molecular flexibility index (Phi) is 12.7. The fourth-order valence-electron chi connectivity index (χ4n) is 3.85. The highest BCUT2D eigenvalue weighted by molar-refractivity contribution is 6.27. The van der Waals surface area contributed by atoms with Gasteiger partial charge in [-0.15, -0.1) is 0 Å². The van der Waals surface area contributed by atoms with Gasteiger partial charge in [-0.05, 0) is 93.9 Å². The van der Waals surface area contributed by atoms with Crippen LogP contribution >= 0.6 is 0 Å². The Labute approximate surface area is 210 Å². The van der Waals surface area contributed by atoms with Crippen molar-refractivity contribution in [3.05, 3.63) is 60.2 Å². The molecule has 0 bridgehead atoms. The topological polar surface area (TPSA) is 84.4 Å². The maximum atomic E-state index is 10.7. The molecule has 2 aromatic rings. The third-order valence-corrected chi connectivity index (χ3v) is 6.91. The number of aromatic nitrogens is 2. The first-order chi connectivity index (χ1) is 16.9. The van der Waals surface area contributed by atoms with Gasteiger partial charge in [0.1, 0.15) is 0 Å². The first-order valence-electron chi connectivity index (χ1n) is 12.7. The molecule has 0 radical (unpaired) electrons. The number of likely N-dealkylation sites (N-methyl/N-ethyl adjacent to an activating group) is 1. The average molecular weight is 483 g/mol. The summed E-state index contributed by atoms with van der Waals surface area (Å²) < 4.78 is 0. The van der Waals surface area contributed by atoms with E-state index >= 15 is 0 Å². The van der Waals surface area contributed by atoms with Gasteiger partial charge in [0.05, 0.1) is 6.10 Å². The molecule has 1 fully saturated rings. The maximum absolute atomic E-state index is 10.7. The Morgan fingerprint density at radius 2 is 1.66 bits per heavy atom. The molecule has 0 aliphatic carbocycles. The molecule has 2 aromatic heterocycles. The molecule has 1 aliphatic rings. The van der Waals surface area contributed by atoms with E-state index in [9.17, 15) is 9.59 Å². The monoisotopic (exact) mass is 482 g/mol. The average Bonchev–Trinajstić information content (AvgIpc) is 3.30. The Balaban J connectivity index is 0.000000410. The van der Waals surface area contributed by atoms with Gasteiger partial charge in [0.2, 0.25) is 5.78 Å². The molecule has 0 amide bonds.